The van der Waals surface area contributed by atoms with E-state index in [-0.39, 0.29) is 11.3 Å². The Labute approximate surface area is 152 Å². The molecule has 0 aliphatic carbocycles. The maximum atomic E-state index is 12.2. The second-order valence-electron chi connectivity index (χ2n) is 4.68. The summed E-state index contributed by atoms with van der Waals surface area (Å²) >= 11 is 9.18. The minimum Gasteiger partial charge on any atom is -0.507 e. The topological polar surface area (TPSA) is 82.3 Å². The highest BCUT2D eigenvalue weighted by molar-refractivity contribution is 9.10. The fraction of sp³-hybridized carbons (Fsp3) is 0.0588. The normalized spacial score (nSPS) is 10.8. The van der Waals surface area contributed by atoms with Crippen molar-refractivity contribution < 1.29 is 14.6 Å². The van der Waals surface area contributed by atoms with Crippen LogP contribution >= 0.6 is 27.5 Å². The van der Waals surface area contributed by atoms with Crippen molar-refractivity contribution in [2.24, 2.45) is 0 Å². The van der Waals surface area contributed by atoms with Crippen molar-refractivity contribution >= 4 is 45.2 Å². The highest BCUT2D eigenvalue weighted by Gasteiger charge is 2.11. The van der Waals surface area contributed by atoms with E-state index in [4.69, 9.17) is 16.3 Å². The van der Waals surface area contributed by atoms with Crippen molar-refractivity contribution in [3.05, 3.63) is 57.0 Å². The average Bonchev–Trinajstić information content (AvgIpc) is 2.56. The number of hydrogen-bond acceptors (Lipinski definition) is 4. The van der Waals surface area contributed by atoms with Crippen LogP contribution in [0.15, 0.2) is 46.4 Å². The molecule has 24 heavy (non-hydrogen) atoms. The Morgan fingerprint density at radius 1 is 1.38 bits per heavy atom. The molecule has 0 atom stereocenters. The predicted octanol–water partition coefficient (Wildman–Crippen LogP) is 4.36. The number of phenols is 1. The van der Waals surface area contributed by atoms with Crippen LogP contribution in [0.4, 0.5) is 5.69 Å². The Kier molecular flexibility index (Phi) is 5.85. The van der Waals surface area contributed by atoms with Gasteiger partial charge in [0.25, 0.3) is 5.91 Å². The van der Waals surface area contributed by atoms with E-state index in [9.17, 15) is 15.2 Å². The molecule has 0 bridgehead atoms. The number of anilines is 1. The van der Waals surface area contributed by atoms with E-state index in [1.165, 1.54) is 25.3 Å². The highest BCUT2D eigenvalue weighted by Crippen LogP contribution is 2.28. The molecule has 0 fully saturated rings. The molecule has 2 N–H and O–H groups in total. The lowest BCUT2D eigenvalue weighted by atomic mass is 10.1. The molecule has 0 spiro atoms. The summed E-state index contributed by atoms with van der Waals surface area (Å²) in [4.78, 5) is 12.2. The van der Waals surface area contributed by atoms with Crippen LogP contribution in [0.25, 0.3) is 6.08 Å². The summed E-state index contributed by atoms with van der Waals surface area (Å²) in [7, 11) is 1.49. The highest BCUT2D eigenvalue weighted by atomic mass is 79.9. The van der Waals surface area contributed by atoms with Crippen molar-refractivity contribution in [3.8, 4) is 17.6 Å². The molecule has 0 aliphatic rings. The smallest absolute Gasteiger partial charge is 0.266 e. The molecule has 2 aromatic rings. The number of halogens is 2. The number of nitriles is 1. The number of hydrogen-bond donors (Lipinski definition) is 2. The number of nitrogens with zero attached hydrogens (tertiary/aromatic N) is 1. The fourth-order valence-corrected chi connectivity index (χ4v) is 2.52. The third kappa shape index (κ3) is 4.28. The van der Waals surface area contributed by atoms with Gasteiger partial charge in [-0.3, -0.25) is 4.79 Å². The summed E-state index contributed by atoms with van der Waals surface area (Å²) in [6, 6.07) is 11.3. The summed E-state index contributed by atoms with van der Waals surface area (Å²) in [6.07, 6.45) is 1.42. The first-order chi connectivity index (χ1) is 11.4. The minimum absolute atomic E-state index is 0.0722. The van der Waals surface area contributed by atoms with Gasteiger partial charge in [0.2, 0.25) is 0 Å². The number of amides is 1. The van der Waals surface area contributed by atoms with E-state index in [1.807, 2.05) is 6.07 Å². The number of nitrogens with one attached hydrogen (secondary N) is 1. The molecule has 0 saturated heterocycles. The molecule has 0 heterocycles. The Bertz CT molecular complexity index is 859. The number of carbonyl (C=O) groups excluding carboxylic acids is 1. The van der Waals surface area contributed by atoms with Crippen molar-refractivity contribution in [1.29, 1.82) is 5.26 Å². The minimum atomic E-state index is -0.567. The third-order valence-corrected chi connectivity index (χ3v) is 3.99. The summed E-state index contributed by atoms with van der Waals surface area (Å²) in [5.74, 6) is -0.00873. The Hall–Kier alpha value is -2.49. The van der Waals surface area contributed by atoms with Crippen molar-refractivity contribution in [3.63, 3.8) is 0 Å². The maximum Gasteiger partial charge on any atom is 0.266 e. The summed E-state index contributed by atoms with van der Waals surface area (Å²) in [5.41, 5.74) is 0.956. The van der Waals surface area contributed by atoms with E-state index in [1.54, 1.807) is 24.3 Å². The Balaban J connectivity index is 2.22. The van der Waals surface area contributed by atoms with Gasteiger partial charge in [-0.25, -0.2) is 0 Å². The molecule has 2 rings (SSSR count). The molecule has 122 valence electrons. The number of methoxy groups -OCH3 is 1. The van der Waals surface area contributed by atoms with Crippen LogP contribution in [0.2, 0.25) is 5.02 Å². The van der Waals surface area contributed by atoms with Crippen LogP contribution in [0.1, 0.15) is 5.56 Å². The largest absolute Gasteiger partial charge is 0.507 e. The standard InChI is InChI=1S/C17H12BrClN2O3/c1-24-16-5-3-12(8-14(16)19)21-17(23)11(9-20)6-10-2-4-15(22)13(18)7-10/h2-8,22H,1H3,(H,21,23)/b11-6+. The van der Waals surface area contributed by atoms with Gasteiger partial charge in [-0.15, -0.1) is 0 Å². The summed E-state index contributed by atoms with van der Waals surface area (Å²) in [6.45, 7) is 0. The fourth-order valence-electron chi connectivity index (χ4n) is 1.87. The molecule has 1 amide bonds. The maximum absolute atomic E-state index is 12.2. The van der Waals surface area contributed by atoms with E-state index >= 15 is 0 Å². The summed E-state index contributed by atoms with van der Waals surface area (Å²) < 4.78 is 5.51. The second-order valence-corrected chi connectivity index (χ2v) is 5.95. The zero-order valence-corrected chi connectivity index (χ0v) is 14.9. The van der Waals surface area contributed by atoms with Crippen LogP contribution in [-0.2, 0) is 4.79 Å². The van der Waals surface area contributed by atoms with Gasteiger partial charge in [0.05, 0.1) is 16.6 Å². The molecule has 0 saturated carbocycles. The van der Waals surface area contributed by atoms with E-state index in [0.717, 1.165) is 0 Å². The van der Waals surface area contributed by atoms with Gasteiger partial charge in [0.15, 0.2) is 0 Å². The molecule has 0 radical (unpaired) electrons. The van der Waals surface area contributed by atoms with Gasteiger partial charge in [-0.2, -0.15) is 5.26 Å². The first kappa shape index (κ1) is 17.9. The van der Waals surface area contributed by atoms with E-state index < -0.39 is 5.91 Å². The monoisotopic (exact) mass is 406 g/mol. The first-order valence-corrected chi connectivity index (χ1v) is 7.87. The molecule has 2 aromatic carbocycles. The van der Waals surface area contributed by atoms with Crippen molar-refractivity contribution in [1.82, 2.24) is 0 Å². The Morgan fingerprint density at radius 3 is 2.71 bits per heavy atom. The van der Waals surface area contributed by atoms with Crippen molar-refractivity contribution in [2.75, 3.05) is 12.4 Å². The lowest BCUT2D eigenvalue weighted by molar-refractivity contribution is -0.112. The van der Waals surface area contributed by atoms with Gasteiger partial charge < -0.3 is 15.2 Å². The van der Waals surface area contributed by atoms with E-state index in [2.05, 4.69) is 21.2 Å². The Morgan fingerprint density at radius 2 is 2.12 bits per heavy atom. The number of rotatable bonds is 4. The van der Waals surface area contributed by atoms with Crippen LogP contribution in [0, 0.1) is 11.3 Å². The SMILES string of the molecule is COc1ccc(NC(=O)/C(C#N)=C/c2ccc(O)c(Br)c2)cc1Cl. The number of carbonyl (C=O) groups is 1. The third-order valence-electron chi connectivity index (χ3n) is 3.06. The summed E-state index contributed by atoms with van der Waals surface area (Å²) in [5, 5.41) is 21.6. The predicted molar refractivity (Wildman–Crippen MR) is 96.0 cm³/mol. The van der Waals surface area contributed by atoms with Gasteiger partial charge >= 0.3 is 0 Å². The molecule has 0 unspecified atom stereocenters. The van der Waals surface area contributed by atoms with Crippen LogP contribution in [0.5, 0.6) is 11.5 Å². The number of phenolic OH excluding ortho intramolecular Hbond substituents is 1. The molecule has 0 aliphatic heterocycles. The molecular formula is C17H12BrClN2O3. The van der Waals surface area contributed by atoms with Gasteiger partial charge in [0.1, 0.15) is 23.1 Å². The average molecular weight is 408 g/mol. The van der Waals surface area contributed by atoms with Crippen molar-refractivity contribution in [2.45, 2.75) is 0 Å². The van der Waals surface area contributed by atoms with E-state index in [0.29, 0.717) is 26.5 Å². The van der Waals surface area contributed by atoms with Gasteiger partial charge in [0, 0.05) is 5.69 Å². The van der Waals surface area contributed by atoms with Gasteiger partial charge in [-0.1, -0.05) is 17.7 Å². The molecule has 0 aromatic heterocycles. The number of ether oxygens (including phenoxy) is 1. The molecule has 5 nitrogen and oxygen atoms in total. The molecular weight excluding hydrogens is 396 g/mol. The van der Waals surface area contributed by atoms with Crippen LogP contribution in [0.3, 0.4) is 0 Å². The second kappa shape index (κ2) is 7.86. The van der Waals surface area contributed by atoms with Gasteiger partial charge in [-0.05, 0) is 57.9 Å². The molecule has 7 heteroatoms. The zero-order chi connectivity index (χ0) is 17.7. The first-order valence-electron chi connectivity index (χ1n) is 6.70. The zero-order valence-electron chi connectivity index (χ0n) is 12.5. The quantitative estimate of drug-likeness (QED) is 0.583. The number of benzene rings is 2. The van der Waals surface area contributed by atoms with Crippen LogP contribution in [-0.4, -0.2) is 18.1 Å². The number of aromatic hydroxyl groups is 1. The lowest BCUT2D eigenvalue weighted by Gasteiger charge is -2.07. The van der Waals surface area contributed by atoms with Crippen LogP contribution < -0.4 is 10.1 Å². The lowest BCUT2D eigenvalue weighted by Crippen LogP contribution is -2.13.